The predicted octanol–water partition coefficient (Wildman–Crippen LogP) is 3.34. The molecule has 1 aromatic carbocycles. The number of rotatable bonds is 8. The first-order valence-electron chi connectivity index (χ1n) is 9.34. The first kappa shape index (κ1) is 20.5. The second-order valence-corrected chi connectivity index (χ2v) is 7.49. The number of halogens is 2. The molecule has 1 aromatic heterocycles. The molecule has 0 bridgehead atoms. The SMILES string of the molecule is O=C(NCCCN1CCN(c2ccccc2)CC1)c1cccnc1SC(F)F. The second kappa shape index (κ2) is 10.4. The van der Waals surface area contributed by atoms with Crippen molar-refractivity contribution in [2.24, 2.45) is 0 Å². The lowest BCUT2D eigenvalue weighted by molar-refractivity contribution is 0.0947. The number of nitrogens with one attached hydrogen (secondary N) is 1. The van der Waals surface area contributed by atoms with Gasteiger partial charge < -0.3 is 10.2 Å². The number of carbonyl (C=O) groups excluding carboxylic acids is 1. The largest absolute Gasteiger partial charge is 0.369 e. The highest BCUT2D eigenvalue weighted by Gasteiger charge is 2.18. The van der Waals surface area contributed by atoms with Crippen LogP contribution in [0.15, 0.2) is 53.7 Å². The first-order chi connectivity index (χ1) is 13.6. The number of nitrogens with zero attached hydrogens (tertiary/aromatic N) is 3. The first-order valence-corrected chi connectivity index (χ1v) is 10.2. The molecule has 0 aliphatic carbocycles. The van der Waals surface area contributed by atoms with E-state index >= 15 is 0 Å². The zero-order chi connectivity index (χ0) is 19.8. The van der Waals surface area contributed by atoms with Gasteiger partial charge in [0.15, 0.2) is 0 Å². The van der Waals surface area contributed by atoms with Gasteiger partial charge in [-0.15, -0.1) is 0 Å². The number of hydrogen-bond acceptors (Lipinski definition) is 5. The van der Waals surface area contributed by atoms with Crippen molar-refractivity contribution in [2.75, 3.05) is 44.2 Å². The summed E-state index contributed by atoms with van der Waals surface area (Å²) in [7, 11) is 0. The van der Waals surface area contributed by atoms with Crippen molar-refractivity contribution in [1.82, 2.24) is 15.2 Å². The van der Waals surface area contributed by atoms with Crippen molar-refractivity contribution in [1.29, 1.82) is 0 Å². The fourth-order valence-corrected chi connectivity index (χ4v) is 3.79. The minimum Gasteiger partial charge on any atom is -0.369 e. The van der Waals surface area contributed by atoms with E-state index in [2.05, 4.69) is 44.4 Å². The number of carbonyl (C=O) groups is 1. The number of piperazine rings is 1. The van der Waals surface area contributed by atoms with Gasteiger partial charge in [0.05, 0.1) is 5.56 Å². The molecule has 2 aromatic rings. The van der Waals surface area contributed by atoms with E-state index in [0.29, 0.717) is 18.3 Å². The van der Waals surface area contributed by atoms with Crippen LogP contribution < -0.4 is 10.2 Å². The fraction of sp³-hybridized carbons (Fsp3) is 0.400. The number of pyridine rings is 1. The molecule has 1 aliphatic heterocycles. The third-order valence-corrected chi connectivity index (χ3v) is 5.37. The number of alkyl halides is 2. The number of anilines is 1. The summed E-state index contributed by atoms with van der Waals surface area (Å²) in [6.45, 7) is 5.35. The average molecular weight is 407 g/mol. The highest BCUT2D eigenvalue weighted by Crippen LogP contribution is 2.26. The summed E-state index contributed by atoms with van der Waals surface area (Å²) < 4.78 is 25.2. The summed E-state index contributed by atoms with van der Waals surface area (Å²) in [5, 5.41) is 2.87. The van der Waals surface area contributed by atoms with E-state index < -0.39 is 5.76 Å². The molecule has 1 fully saturated rings. The van der Waals surface area contributed by atoms with Crippen LogP contribution in [0.3, 0.4) is 0 Å². The van der Waals surface area contributed by atoms with Gasteiger partial charge in [0.1, 0.15) is 5.03 Å². The van der Waals surface area contributed by atoms with Gasteiger partial charge >= 0.3 is 0 Å². The third-order valence-electron chi connectivity index (χ3n) is 4.65. The minimum atomic E-state index is -2.60. The maximum atomic E-state index is 12.6. The number of amides is 1. The molecular weight excluding hydrogens is 382 g/mol. The predicted molar refractivity (Wildman–Crippen MR) is 108 cm³/mol. The molecule has 1 amide bonds. The van der Waals surface area contributed by atoms with Crippen molar-refractivity contribution < 1.29 is 13.6 Å². The molecule has 150 valence electrons. The van der Waals surface area contributed by atoms with Crippen LogP contribution in [0.2, 0.25) is 0 Å². The lowest BCUT2D eigenvalue weighted by Crippen LogP contribution is -2.47. The Kier molecular flexibility index (Phi) is 7.62. The minimum absolute atomic E-state index is 0.0621. The van der Waals surface area contributed by atoms with Gasteiger partial charge in [0, 0.05) is 44.6 Å². The Labute approximate surface area is 168 Å². The molecular formula is C20H24F2N4OS. The molecule has 5 nitrogen and oxygen atoms in total. The quantitative estimate of drug-likeness (QED) is 0.538. The second-order valence-electron chi connectivity index (χ2n) is 6.51. The summed E-state index contributed by atoms with van der Waals surface area (Å²) in [6.07, 6.45) is 2.23. The normalized spacial score (nSPS) is 15.0. The molecule has 1 aliphatic rings. The van der Waals surface area contributed by atoms with Crippen molar-refractivity contribution in [2.45, 2.75) is 17.2 Å². The molecule has 0 unspecified atom stereocenters. The number of hydrogen-bond donors (Lipinski definition) is 1. The zero-order valence-electron chi connectivity index (χ0n) is 15.6. The Morgan fingerprint density at radius 3 is 2.57 bits per heavy atom. The van der Waals surface area contributed by atoms with Crippen molar-refractivity contribution in [3.8, 4) is 0 Å². The van der Waals surface area contributed by atoms with Crippen LogP contribution >= 0.6 is 11.8 Å². The monoisotopic (exact) mass is 406 g/mol. The summed E-state index contributed by atoms with van der Waals surface area (Å²) in [5.74, 6) is -2.96. The molecule has 2 heterocycles. The standard InChI is InChI=1S/C20H24F2N4OS/c21-20(22)28-19-17(8-4-9-24-19)18(27)23-10-5-11-25-12-14-26(15-13-25)16-6-2-1-3-7-16/h1-4,6-9,20H,5,10-15H2,(H,23,27). The molecule has 0 saturated carbocycles. The number of aromatic nitrogens is 1. The maximum absolute atomic E-state index is 12.6. The molecule has 1 saturated heterocycles. The van der Waals surface area contributed by atoms with Gasteiger partial charge in [-0.1, -0.05) is 18.2 Å². The van der Waals surface area contributed by atoms with Crippen LogP contribution in [0.1, 0.15) is 16.8 Å². The summed E-state index contributed by atoms with van der Waals surface area (Å²) >= 11 is 0.295. The van der Waals surface area contributed by atoms with Gasteiger partial charge in [-0.25, -0.2) is 4.98 Å². The van der Waals surface area contributed by atoms with Crippen LogP contribution in [0.4, 0.5) is 14.5 Å². The Balaban J connectivity index is 1.38. The van der Waals surface area contributed by atoms with Crippen LogP contribution in [0, 0.1) is 0 Å². The van der Waals surface area contributed by atoms with Gasteiger partial charge in [0.25, 0.3) is 11.7 Å². The summed E-state index contributed by atoms with van der Waals surface area (Å²) in [5.41, 5.74) is 1.45. The third kappa shape index (κ3) is 5.90. The molecule has 3 rings (SSSR count). The number of thioether (sulfide) groups is 1. The highest BCUT2D eigenvalue weighted by atomic mass is 32.2. The van der Waals surface area contributed by atoms with Crippen LogP contribution in [0.5, 0.6) is 0 Å². The van der Waals surface area contributed by atoms with E-state index in [0.717, 1.165) is 39.1 Å². The van der Waals surface area contributed by atoms with Gasteiger partial charge in [-0.05, 0) is 49.0 Å². The molecule has 0 atom stereocenters. The molecule has 0 spiro atoms. The zero-order valence-corrected chi connectivity index (χ0v) is 16.4. The fourth-order valence-electron chi connectivity index (χ4n) is 3.21. The van der Waals surface area contributed by atoms with Gasteiger partial charge in [0.2, 0.25) is 0 Å². The smallest absolute Gasteiger partial charge is 0.290 e. The Hall–Kier alpha value is -2.19. The van der Waals surface area contributed by atoms with E-state index in [9.17, 15) is 13.6 Å². The van der Waals surface area contributed by atoms with E-state index in [1.165, 1.54) is 18.0 Å². The summed E-state index contributed by atoms with van der Waals surface area (Å²) in [6, 6.07) is 13.5. The molecule has 1 N–H and O–H groups in total. The topological polar surface area (TPSA) is 48.5 Å². The van der Waals surface area contributed by atoms with E-state index in [4.69, 9.17) is 0 Å². The number of benzene rings is 1. The summed E-state index contributed by atoms with van der Waals surface area (Å²) in [4.78, 5) is 20.9. The Bertz CT molecular complexity index is 755. The lowest BCUT2D eigenvalue weighted by Gasteiger charge is -2.36. The molecule has 0 radical (unpaired) electrons. The van der Waals surface area contributed by atoms with Crippen molar-refractivity contribution in [3.63, 3.8) is 0 Å². The maximum Gasteiger partial charge on any atom is 0.290 e. The van der Waals surface area contributed by atoms with Gasteiger partial charge in [-0.2, -0.15) is 8.78 Å². The highest BCUT2D eigenvalue weighted by molar-refractivity contribution is 7.99. The Morgan fingerprint density at radius 1 is 1.11 bits per heavy atom. The van der Waals surface area contributed by atoms with Crippen molar-refractivity contribution >= 4 is 23.4 Å². The van der Waals surface area contributed by atoms with Gasteiger partial charge in [-0.3, -0.25) is 9.69 Å². The van der Waals surface area contributed by atoms with Crippen LogP contribution in [-0.4, -0.2) is 60.8 Å². The average Bonchev–Trinajstić information content (AvgIpc) is 2.72. The van der Waals surface area contributed by atoms with E-state index in [-0.39, 0.29) is 16.5 Å². The molecule has 8 heteroatoms. The van der Waals surface area contributed by atoms with Crippen LogP contribution in [0.25, 0.3) is 0 Å². The lowest BCUT2D eigenvalue weighted by atomic mass is 10.2. The number of para-hydroxylation sites is 1. The van der Waals surface area contributed by atoms with E-state index in [1.807, 2.05) is 6.07 Å². The van der Waals surface area contributed by atoms with Crippen LogP contribution in [-0.2, 0) is 0 Å². The van der Waals surface area contributed by atoms with Crippen molar-refractivity contribution in [3.05, 3.63) is 54.2 Å². The Morgan fingerprint density at radius 2 is 1.86 bits per heavy atom. The molecule has 28 heavy (non-hydrogen) atoms. The van der Waals surface area contributed by atoms with E-state index in [1.54, 1.807) is 6.07 Å².